The Balaban J connectivity index is 2.18. The Hall–Kier alpha value is -2.14. The Bertz CT molecular complexity index is 532. The summed E-state index contributed by atoms with van der Waals surface area (Å²) in [7, 11) is 0. The molecule has 2 rings (SSSR count). The molecule has 0 aromatic heterocycles. The lowest BCUT2D eigenvalue weighted by atomic mass is 10.2. The van der Waals surface area contributed by atoms with Crippen molar-refractivity contribution < 1.29 is 13.5 Å². The highest BCUT2D eigenvalue weighted by Gasteiger charge is 2.11. The van der Waals surface area contributed by atoms with Gasteiger partial charge in [-0.3, -0.25) is 5.84 Å². The van der Waals surface area contributed by atoms with Gasteiger partial charge in [0.25, 0.3) is 0 Å². The van der Waals surface area contributed by atoms with Crippen molar-refractivity contribution in [3.05, 3.63) is 59.7 Å². The summed E-state index contributed by atoms with van der Waals surface area (Å²) in [6.45, 7) is 0.207. The highest BCUT2D eigenvalue weighted by atomic mass is 19.1. The topological polar surface area (TPSA) is 47.3 Å². The lowest BCUT2D eigenvalue weighted by molar-refractivity contribution is 0.304. The zero-order valence-corrected chi connectivity index (χ0v) is 9.49. The number of ether oxygens (including phenoxy) is 1. The van der Waals surface area contributed by atoms with E-state index in [1.165, 1.54) is 0 Å². The van der Waals surface area contributed by atoms with E-state index in [1.807, 2.05) is 30.3 Å². The fourth-order valence-electron chi connectivity index (χ4n) is 1.54. The minimum atomic E-state index is -0.791. The number of hydrazine groups is 1. The van der Waals surface area contributed by atoms with Gasteiger partial charge in [-0.2, -0.15) is 0 Å². The molecule has 94 valence electrons. The van der Waals surface area contributed by atoms with E-state index in [1.54, 1.807) is 0 Å². The van der Waals surface area contributed by atoms with Crippen LogP contribution in [0, 0.1) is 11.6 Å². The van der Waals surface area contributed by atoms with Gasteiger partial charge >= 0.3 is 0 Å². The zero-order chi connectivity index (χ0) is 13.0. The summed E-state index contributed by atoms with van der Waals surface area (Å²) in [5.74, 6) is 3.71. The molecule has 0 unspecified atom stereocenters. The predicted molar refractivity (Wildman–Crippen MR) is 64.9 cm³/mol. The molecule has 0 atom stereocenters. The summed E-state index contributed by atoms with van der Waals surface area (Å²) in [5, 5.41) is 0. The predicted octanol–water partition coefficient (Wildman–Crippen LogP) is 2.83. The standard InChI is InChI=1S/C13H12F2N2O/c14-10-6-11(15)13(17-16)12(7-10)18-8-9-4-2-1-3-5-9/h1-7,17H,8,16H2. The molecule has 0 aliphatic rings. The zero-order valence-electron chi connectivity index (χ0n) is 9.49. The minimum Gasteiger partial charge on any atom is -0.486 e. The first kappa shape index (κ1) is 12.3. The highest BCUT2D eigenvalue weighted by molar-refractivity contribution is 5.56. The number of halogens is 2. The molecule has 0 heterocycles. The van der Waals surface area contributed by atoms with Crippen LogP contribution in [0.4, 0.5) is 14.5 Å². The maximum atomic E-state index is 13.4. The molecule has 3 nitrogen and oxygen atoms in total. The van der Waals surface area contributed by atoms with Crippen molar-refractivity contribution in [2.45, 2.75) is 6.61 Å². The van der Waals surface area contributed by atoms with Crippen LogP contribution >= 0.6 is 0 Å². The molecule has 0 amide bonds. The van der Waals surface area contributed by atoms with Gasteiger partial charge in [0.15, 0.2) is 5.82 Å². The third-order valence-corrected chi connectivity index (χ3v) is 2.40. The molecule has 3 N–H and O–H groups in total. The van der Waals surface area contributed by atoms with Crippen molar-refractivity contribution in [2.24, 2.45) is 5.84 Å². The highest BCUT2D eigenvalue weighted by Crippen LogP contribution is 2.28. The summed E-state index contributed by atoms with van der Waals surface area (Å²) < 4.78 is 31.8. The quantitative estimate of drug-likeness (QED) is 0.648. The summed E-state index contributed by atoms with van der Waals surface area (Å²) in [6.07, 6.45) is 0. The summed E-state index contributed by atoms with van der Waals surface area (Å²) >= 11 is 0. The van der Waals surface area contributed by atoms with Crippen molar-refractivity contribution in [2.75, 3.05) is 5.43 Å². The Kier molecular flexibility index (Phi) is 3.74. The third-order valence-electron chi connectivity index (χ3n) is 2.40. The van der Waals surface area contributed by atoms with Crippen LogP contribution in [0.15, 0.2) is 42.5 Å². The Morgan fingerprint density at radius 2 is 1.83 bits per heavy atom. The largest absolute Gasteiger partial charge is 0.486 e. The summed E-state index contributed by atoms with van der Waals surface area (Å²) in [6, 6.07) is 11.1. The van der Waals surface area contributed by atoms with Crippen LogP contribution in [0.1, 0.15) is 5.56 Å². The average Bonchev–Trinajstić information content (AvgIpc) is 2.37. The van der Waals surface area contributed by atoms with E-state index in [-0.39, 0.29) is 18.0 Å². The molecule has 0 spiro atoms. The minimum absolute atomic E-state index is 0.0406. The van der Waals surface area contributed by atoms with Crippen LogP contribution in [-0.4, -0.2) is 0 Å². The number of anilines is 1. The molecule has 0 saturated heterocycles. The van der Waals surface area contributed by atoms with Gasteiger partial charge in [-0.05, 0) is 5.56 Å². The second-order valence-corrected chi connectivity index (χ2v) is 3.68. The van der Waals surface area contributed by atoms with Gasteiger partial charge in [0.2, 0.25) is 0 Å². The number of hydrogen-bond donors (Lipinski definition) is 2. The lowest BCUT2D eigenvalue weighted by Crippen LogP contribution is -2.11. The first-order valence-electron chi connectivity index (χ1n) is 5.33. The maximum Gasteiger partial charge on any atom is 0.154 e. The molecule has 18 heavy (non-hydrogen) atoms. The van der Waals surface area contributed by atoms with Crippen molar-refractivity contribution in [1.82, 2.24) is 0 Å². The van der Waals surface area contributed by atoms with Gasteiger partial charge in [-0.25, -0.2) is 8.78 Å². The van der Waals surface area contributed by atoms with Crippen LogP contribution in [0.2, 0.25) is 0 Å². The van der Waals surface area contributed by atoms with Crippen LogP contribution < -0.4 is 16.0 Å². The molecule has 0 saturated carbocycles. The van der Waals surface area contributed by atoms with Crippen LogP contribution in [-0.2, 0) is 6.61 Å². The van der Waals surface area contributed by atoms with E-state index in [0.717, 1.165) is 17.7 Å². The van der Waals surface area contributed by atoms with E-state index in [0.29, 0.717) is 0 Å². The van der Waals surface area contributed by atoms with E-state index >= 15 is 0 Å². The van der Waals surface area contributed by atoms with Gasteiger partial charge in [0, 0.05) is 12.1 Å². The average molecular weight is 250 g/mol. The fraction of sp³-hybridized carbons (Fsp3) is 0.0769. The van der Waals surface area contributed by atoms with Crippen molar-refractivity contribution >= 4 is 5.69 Å². The van der Waals surface area contributed by atoms with Crippen molar-refractivity contribution in [1.29, 1.82) is 0 Å². The Morgan fingerprint density at radius 3 is 2.50 bits per heavy atom. The number of rotatable bonds is 4. The van der Waals surface area contributed by atoms with Crippen molar-refractivity contribution in [3.8, 4) is 5.75 Å². The number of hydrogen-bond acceptors (Lipinski definition) is 3. The molecule has 0 radical (unpaired) electrons. The number of nitrogens with one attached hydrogen (secondary N) is 1. The molecule has 0 aliphatic heterocycles. The Morgan fingerprint density at radius 1 is 1.11 bits per heavy atom. The van der Waals surface area contributed by atoms with Gasteiger partial charge in [0.1, 0.15) is 23.9 Å². The SMILES string of the molecule is NNc1c(F)cc(F)cc1OCc1ccccc1. The van der Waals surface area contributed by atoms with Gasteiger partial charge < -0.3 is 10.2 Å². The number of nitrogen functional groups attached to an aromatic ring is 1. The summed E-state index contributed by atoms with van der Waals surface area (Å²) in [5.41, 5.74) is 2.99. The molecule has 5 heteroatoms. The van der Waals surface area contributed by atoms with E-state index in [4.69, 9.17) is 10.6 Å². The first-order chi connectivity index (χ1) is 8.70. The monoisotopic (exact) mass is 250 g/mol. The second-order valence-electron chi connectivity index (χ2n) is 3.68. The molecule has 2 aromatic carbocycles. The van der Waals surface area contributed by atoms with E-state index in [9.17, 15) is 8.78 Å². The van der Waals surface area contributed by atoms with Gasteiger partial charge in [0.05, 0.1) is 0 Å². The normalized spacial score (nSPS) is 10.2. The van der Waals surface area contributed by atoms with Gasteiger partial charge in [-0.1, -0.05) is 30.3 Å². The molecule has 2 aromatic rings. The third kappa shape index (κ3) is 2.75. The van der Waals surface area contributed by atoms with Crippen LogP contribution in [0.3, 0.4) is 0 Å². The fourth-order valence-corrected chi connectivity index (χ4v) is 1.54. The first-order valence-corrected chi connectivity index (χ1v) is 5.33. The molecular weight excluding hydrogens is 238 g/mol. The Labute approximate surface area is 103 Å². The summed E-state index contributed by atoms with van der Waals surface area (Å²) in [4.78, 5) is 0. The number of nitrogens with two attached hydrogens (primary N) is 1. The van der Waals surface area contributed by atoms with Gasteiger partial charge in [-0.15, -0.1) is 0 Å². The molecule has 0 aliphatic carbocycles. The van der Waals surface area contributed by atoms with Crippen LogP contribution in [0.25, 0.3) is 0 Å². The van der Waals surface area contributed by atoms with Crippen molar-refractivity contribution in [3.63, 3.8) is 0 Å². The maximum absolute atomic E-state index is 13.4. The smallest absolute Gasteiger partial charge is 0.154 e. The van der Waals surface area contributed by atoms with E-state index in [2.05, 4.69) is 5.43 Å². The van der Waals surface area contributed by atoms with E-state index < -0.39 is 11.6 Å². The molecule has 0 bridgehead atoms. The second kappa shape index (κ2) is 5.46. The van der Waals surface area contributed by atoms with Crippen LogP contribution in [0.5, 0.6) is 5.75 Å². The molecular formula is C13H12F2N2O. The lowest BCUT2D eigenvalue weighted by Gasteiger charge is -2.12. The number of benzene rings is 2. The molecule has 0 fully saturated rings.